The summed E-state index contributed by atoms with van der Waals surface area (Å²) in [5.74, 6) is -0.595. The zero-order valence-electron chi connectivity index (χ0n) is 20.8. The summed E-state index contributed by atoms with van der Waals surface area (Å²) >= 11 is 5.86. The number of halogens is 3. The van der Waals surface area contributed by atoms with Gasteiger partial charge in [0.15, 0.2) is 23.2 Å². The molecule has 1 aliphatic heterocycles. The maximum Gasteiger partial charge on any atom is 0.179 e. The normalized spacial score (nSPS) is 14.2. The van der Waals surface area contributed by atoms with Gasteiger partial charge in [-0.25, -0.2) is 23.7 Å². The molecule has 10 nitrogen and oxygen atoms in total. The fraction of sp³-hybridized carbons (Fsp3) is 0.231. The van der Waals surface area contributed by atoms with Crippen molar-refractivity contribution in [3.63, 3.8) is 0 Å². The standard InChI is InChI=1S/C26H23ClF2N8O2/c1-38-22-12-30-24(15-9-16(27)18(29)10-17(15)28)35-25(22)34-21-11-31-36-23(21)26-32-19-3-2-14(8-20(19)33-26)13-37-4-6-39-7-5-37/h2-3,8-12H,4-7,13H2,1H3,(H,31,36)(H,32,33)(H,30,34,35). The lowest BCUT2D eigenvalue weighted by Crippen LogP contribution is -2.35. The van der Waals surface area contributed by atoms with Crippen LogP contribution in [0.2, 0.25) is 5.02 Å². The van der Waals surface area contributed by atoms with Gasteiger partial charge in [-0.1, -0.05) is 17.7 Å². The number of benzene rings is 2. The molecule has 5 aromatic rings. The molecule has 3 aromatic heterocycles. The predicted molar refractivity (Wildman–Crippen MR) is 142 cm³/mol. The van der Waals surface area contributed by atoms with Crippen molar-refractivity contribution in [1.82, 2.24) is 35.0 Å². The summed E-state index contributed by atoms with van der Waals surface area (Å²) in [6, 6.07) is 7.98. The number of hydrogen-bond donors (Lipinski definition) is 3. The maximum atomic E-state index is 14.5. The van der Waals surface area contributed by atoms with Crippen LogP contribution >= 0.6 is 11.6 Å². The molecule has 1 saturated heterocycles. The van der Waals surface area contributed by atoms with Crippen LogP contribution in [-0.4, -0.2) is 68.4 Å². The average Bonchev–Trinajstić information content (AvgIpc) is 3.58. The van der Waals surface area contributed by atoms with Gasteiger partial charge in [0, 0.05) is 25.7 Å². The fourth-order valence-corrected chi connectivity index (χ4v) is 4.58. The Labute approximate surface area is 226 Å². The van der Waals surface area contributed by atoms with E-state index >= 15 is 0 Å². The molecule has 6 rings (SSSR count). The Morgan fingerprint density at radius 1 is 1.10 bits per heavy atom. The first-order chi connectivity index (χ1) is 19.0. The molecule has 13 heteroatoms. The van der Waals surface area contributed by atoms with Crippen LogP contribution in [0, 0.1) is 11.6 Å². The van der Waals surface area contributed by atoms with Crippen molar-refractivity contribution in [2.75, 3.05) is 38.7 Å². The maximum absolute atomic E-state index is 14.5. The Hall–Kier alpha value is -4.13. The van der Waals surface area contributed by atoms with Crippen LogP contribution in [0.1, 0.15) is 5.56 Å². The number of hydrogen-bond acceptors (Lipinski definition) is 8. The lowest BCUT2D eigenvalue weighted by atomic mass is 10.2. The molecule has 0 saturated carbocycles. The second-order valence-corrected chi connectivity index (χ2v) is 9.37. The number of aromatic nitrogens is 6. The fourth-order valence-electron chi connectivity index (χ4n) is 4.41. The molecule has 0 bridgehead atoms. The number of H-pyrrole nitrogens is 2. The van der Waals surface area contributed by atoms with Crippen molar-refractivity contribution in [2.45, 2.75) is 6.54 Å². The van der Waals surface area contributed by atoms with E-state index in [0.29, 0.717) is 29.0 Å². The van der Waals surface area contributed by atoms with Gasteiger partial charge in [0.05, 0.1) is 60.0 Å². The van der Waals surface area contributed by atoms with Gasteiger partial charge in [-0.15, -0.1) is 0 Å². The molecule has 0 aliphatic carbocycles. The minimum absolute atomic E-state index is 0.000667. The van der Waals surface area contributed by atoms with Gasteiger partial charge in [0.2, 0.25) is 0 Å². The van der Waals surface area contributed by atoms with Crippen molar-refractivity contribution in [2.24, 2.45) is 0 Å². The number of fused-ring (bicyclic) bond motifs is 1. The molecule has 39 heavy (non-hydrogen) atoms. The summed E-state index contributed by atoms with van der Waals surface area (Å²) in [7, 11) is 1.46. The third-order valence-electron chi connectivity index (χ3n) is 6.41. The van der Waals surface area contributed by atoms with E-state index in [4.69, 9.17) is 26.1 Å². The van der Waals surface area contributed by atoms with E-state index in [1.165, 1.54) is 18.9 Å². The number of rotatable bonds is 7. The Kier molecular flexibility index (Phi) is 6.81. The summed E-state index contributed by atoms with van der Waals surface area (Å²) in [5.41, 5.74) is 3.95. The molecule has 0 atom stereocenters. The van der Waals surface area contributed by atoms with Crippen LogP contribution < -0.4 is 10.1 Å². The Balaban J connectivity index is 1.29. The van der Waals surface area contributed by atoms with Crippen molar-refractivity contribution >= 4 is 34.1 Å². The number of ether oxygens (including phenoxy) is 2. The second-order valence-electron chi connectivity index (χ2n) is 8.97. The molecule has 3 N–H and O–H groups in total. The van der Waals surface area contributed by atoms with Crippen molar-refractivity contribution in [3.05, 3.63) is 64.9 Å². The highest BCUT2D eigenvalue weighted by molar-refractivity contribution is 6.31. The van der Waals surface area contributed by atoms with Gasteiger partial charge < -0.3 is 19.8 Å². The first kappa shape index (κ1) is 25.2. The Bertz CT molecular complexity index is 1650. The van der Waals surface area contributed by atoms with Gasteiger partial charge in [-0.2, -0.15) is 5.10 Å². The number of aromatic amines is 2. The van der Waals surface area contributed by atoms with E-state index in [2.05, 4.69) is 47.5 Å². The van der Waals surface area contributed by atoms with Crippen LogP contribution in [0.3, 0.4) is 0 Å². The quantitative estimate of drug-likeness (QED) is 0.243. The molecular weight excluding hydrogens is 530 g/mol. The summed E-state index contributed by atoms with van der Waals surface area (Å²) in [6.45, 7) is 4.14. The second kappa shape index (κ2) is 10.6. The van der Waals surface area contributed by atoms with Gasteiger partial charge >= 0.3 is 0 Å². The lowest BCUT2D eigenvalue weighted by Gasteiger charge is -2.26. The zero-order valence-corrected chi connectivity index (χ0v) is 21.5. The van der Waals surface area contributed by atoms with Gasteiger partial charge in [0.1, 0.15) is 17.3 Å². The summed E-state index contributed by atoms with van der Waals surface area (Å²) < 4.78 is 39.0. The summed E-state index contributed by atoms with van der Waals surface area (Å²) in [4.78, 5) is 19.0. The molecule has 0 spiro atoms. The summed E-state index contributed by atoms with van der Waals surface area (Å²) in [5, 5.41) is 10.0. The smallest absolute Gasteiger partial charge is 0.179 e. The first-order valence-electron chi connectivity index (χ1n) is 12.1. The van der Waals surface area contributed by atoms with E-state index in [1.54, 1.807) is 6.20 Å². The zero-order chi connectivity index (χ0) is 26.9. The highest BCUT2D eigenvalue weighted by Crippen LogP contribution is 2.33. The van der Waals surface area contributed by atoms with E-state index in [9.17, 15) is 8.78 Å². The van der Waals surface area contributed by atoms with Gasteiger partial charge in [-0.05, 0) is 23.8 Å². The van der Waals surface area contributed by atoms with Crippen LogP contribution in [0.5, 0.6) is 5.75 Å². The number of imidazole rings is 1. The molecule has 1 fully saturated rings. The molecule has 0 amide bonds. The number of nitrogens with zero attached hydrogens (tertiary/aromatic N) is 5. The SMILES string of the molecule is COc1cnc(-c2cc(Cl)c(F)cc2F)nc1Nc1cn[nH]c1-c1nc2ccc(CN3CCOCC3)cc2[nH]1. The highest BCUT2D eigenvalue weighted by atomic mass is 35.5. The molecule has 0 unspecified atom stereocenters. The highest BCUT2D eigenvalue weighted by Gasteiger charge is 2.19. The van der Waals surface area contributed by atoms with Gasteiger partial charge in [0.25, 0.3) is 0 Å². The first-order valence-corrected chi connectivity index (χ1v) is 12.5. The molecule has 200 valence electrons. The Morgan fingerprint density at radius 2 is 1.95 bits per heavy atom. The number of anilines is 2. The van der Waals surface area contributed by atoms with Crippen molar-refractivity contribution < 1.29 is 18.3 Å². The van der Waals surface area contributed by atoms with E-state index in [0.717, 1.165) is 49.9 Å². The average molecular weight is 553 g/mol. The van der Waals surface area contributed by atoms with Crippen LogP contribution in [0.4, 0.5) is 20.3 Å². The van der Waals surface area contributed by atoms with Crippen LogP contribution in [-0.2, 0) is 11.3 Å². The number of methoxy groups -OCH3 is 1. The lowest BCUT2D eigenvalue weighted by molar-refractivity contribution is 0.0342. The molecule has 4 heterocycles. The summed E-state index contributed by atoms with van der Waals surface area (Å²) in [6.07, 6.45) is 2.96. The van der Waals surface area contributed by atoms with Crippen molar-refractivity contribution in [3.8, 4) is 28.7 Å². The molecule has 0 radical (unpaired) electrons. The minimum atomic E-state index is -0.869. The third-order valence-corrected chi connectivity index (χ3v) is 6.70. The number of nitrogens with one attached hydrogen (secondary N) is 3. The Morgan fingerprint density at radius 3 is 2.77 bits per heavy atom. The topological polar surface area (TPSA) is 117 Å². The molecular formula is C26H23ClF2N8O2. The van der Waals surface area contributed by atoms with Crippen LogP contribution in [0.25, 0.3) is 33.9 Å². The van der Waals surface area contributed by atoms with E-state index < -0.39 is 11.6 Å². The predicted octanol–water partition coefficient (Wildman–Crippen LogP) is 4.93. The van der Waals surface area contributed by atoms with E-state index in [1.807, 2.05) is 6.07 Å². The van der Waals surface area contributed by atoms with Crippen LogP contribution in [0.15, 0.2) is 42.7 Å². The molecule has 2 aromatic carbocycles. The molecule has 1 aliphatic rings. The monoisotopic (exact) mass is 552 g/mol. The van der Waals surface area contributed by atoms with E-state index in [-0.39, 0.29) is 22.2 Å². The number of morpholine rings is 1. The minimum Gasteiger partial charge on any atom is -0.491 e. The largest absolute Gasteiger partial charge is 0.491 e. The van der Waals surface area contributed by atoms with Gasteiger partial charge in [-0.3, -0.25) is 10.00 Å². The third kappa shape index (κ3) is 5.13. The van der Waals surface area contributed by atoms with Crippen molar-refractivity contribution in [1.29, 1.82) is 0 Å².